The summed E-state index contributed by atoms with van der Waals surface area (Å²) in [4.78, 5) is 50.6. The van der Waals surface area contributed by atoms with Gasteiger partial charge in [0.05, 0.1) is 27.3 Å². The summed E-state index contributed by atoms with van der Waals surface area (Å²) in [5.41, 5.74) is -4.13. The van der Waals surface area contributed by atoms with Crippen LogP contribution in [0, 0.1) is 0 Å². The maximum Gasteiger partial charge on any atom is 0.416 e. The van der Waals surface area contributed by atoms with Gasteiger partial charge >= 0.3 is 30.3 Å². The zero-order valence-electron chi connectivity index (χ0n) is 20.4. The summed E-state index contributed by atoms with van der Waals surface area (Å²) in [5, 5.41) is 12.0. The van der Waals surface area contributed by atoms with Crippen LogP contribution in [0.25, 0.3) is 0 Å². The van der Waals surface area contributed by atoms with Crippen LogP contribution in [-0.2, 0) is 31.4 Å². The van der Waals surface area contributed by atoms with Gasteiger partial charge in [-0.15, -0.1) is 0 Å². The Labute approximate surface area is 245 Å². The lowest BCUT2D eigenvalue weighted by atomic mass is 10.1. The number of halogens is 8. The molecule has 0 spiro atoms. The van der Waals surface area contributed by atoms with Crippen molar-refractivity contribution in [3.05, 3.63) is 98.5 Å². The molecule has 0 heterocycles. The summed E-state index contributed by atoms with van der Waals surface area (Å²) in [7, 11) is 0. The molecule has 222 valence electrons. The lowest BCUT2D eigenvalue weighted by Gasteiger charge is -2.24. The number of rotatable bonds is 8. The number of carbonyl (C=O) groups is 4. The van der Waals surface area contributed by atoms with Gasteiger partial charge in [0.1, 0.15) is 0 Å². The maximum atomic E-state index is 13.1. The molecule has 3 aromatic carbocycles. The second kappa shape index (κ2) is 12.8. The molecule has 2 N–H and O–H groups in total. The minimum atomic E-state index is -4.88. The Morgan fingerprint density at radius 2 is 1.24 bits per heavy atom. The minimum absolute atomic E-state index is 0.0679. The largest absolute Gasteiger partial charge is 0.478 e. The molecule has 1 amide bonds. The van der Waals surface area contributed by atoms with Gasteiger partial charge in [-0.1, -0.05) is 23.7 Å². The van der Waals surface area contributed by atoms with Crippen LogP contribution in [0.5, 0.6) is 0 Å². The fourth-order valence-electron chi connectivity index (χ4n) is 3.29. The van der Waals surface area contributed by atoms with Crippen molar-refractivity contribution in [3.8, 4) is 0 Å². The van der Waals surface area contributed by atoms with Gasteiger partial charge in [0.2, 0.25) is 12.2 Å². The molecule has 3 rings (SSSR count). The first-order valence-electron chi connectivity index (χ1n) is 11.2. The molecule has 42 heavy (non-hydrogen) atoms. The third-order valence-electron chi connectivity index (χ3n) is 5.28. The number of amides is 1. The number of benzene rings is 3. The van der Waals surface area contributed by atoms with Crippen molar-refractivity contribution in [3.63, 3.8) is 0 Å². The molecule has 0 saturated carbocycles. The normalized spacial score (nSPS) is 13.0. The van der Waals surface area contributed by atoms with Crippen molar-refractivity contribution in [1.82, 2.24) is 0 Å². The molecule has 2 atom stereocenters. The van der Waals surface area contributed by atoms with E-state index >= 15 is 0 Å². The number of carbonyl (C=O) groups excluding carboxylic acids is 3. The Kier molecular flexibility index (Phi) is 9.89. The Bertz CT molecular complexity index is 1530. The molecule has 8 nitrogen and oxygen atoms in total. The smallest absolute Gasteiger partial charge is 0.416 e. The average molecular weight is 683 g/mol. The van der Waals surface area contributed by atoms with Gasteiger partial charge in [0.25, 0.3) is 5.91 Å². The fraction of sp³-hybridized carbons (Fsp3) is 0.154. The number of anilines is 1. The average Bonchev–Trinajstić information content (AvgIpc) is 2.91. The van der Waals surface area contributed by atoms with E-state index in [1.807, 2.05) is 0 Å². The zero-order valence-corrected chi connectivity index (χ0v) is 22.8. The third-order valence-corrected chi connectivity index (χ3v) is 6.52. The molecule has 0 saturated heterocycles. The Morgan fingerprint density at radius 3 is 1.67 bits per heavy atom. The number of carboxylic acid groups (broad SMARTS) is 1. The number of hydrogen-bond donors (Lipinski definition) is 2. The van der Waals surface area contributed by atoms with E-state index in [-0.39, 0.29) is 10.7 Å². The first-order valence-corrected chi connectivity index (χ1v) is 12.4. The number of carboxylic acids is 1. The van der Waals surface area contributed by atoms with Crippen molar-refractivity contribution in [2.75, 3.05) is 5.32 Å². The highest BCUT2D eigenvalue weighted by Crippen LogP contribution is 2.31. The fourth-order valence-corrected chi connectivity index (χ4v) is 3.72. The number of hydrogen-bond acceptors (Lipinski definition) is 6. The molecule has 0 bridgehead atoms. The van der Waals surface area contributed by atoms with Crippen molar-refractivity contribution in [2.45, 2.75) is 24.6 Å². The van der Waals surface area contributed by atoms with Crippen LogP contribution in [0.15, 0.2) is 71.2 Å². The molecular weight excluding hydrogens is 668 g/mol. The van der Waals surface area contributed by atoms with Crippen molar-refractivity contribution in [1.29, 1.82) is 0 Å². The first-order chi connectivity index (χ1) is 19.5. The second-order valence-corrected chi connectivity index (χ2v) is 9.53. The lowest BCUT2D eigenvalue weighted by molar-refractivity contribution is -0.157. The molecule has 0 radical (unpaired) electrons. The van der Waals surface area contributed by atoms with Crippen LogP contribution in [0.1, 0.15) is 31.8 Å². The van der Waals surface area contributed by atoms with Gasteiger partial charge in [-0.05, 0) is 70.5 Å². The predicted octanol–water partition coefficient (Wildman–Crippen LogP) is 6.61. The molecule has 0 unspecified atom stereocenters. The number of nitrogens with one attached hydrogen (secondary N) is 1. The van der Waals surface area contributed by atoms with E-state index in [4.69, 9.17) is 21.1 Å². The quantitative estimate of drug-likeness (QED) is 0.203. The minimum Gasteiger partial charge on any atom is -0.478 e. The van der Waals surface area contributed by atoms with E-state index in [2.05, 4.69) is 21.2 Å². The maximum absolute atomic E-state index is 13.1. The van der Waals surface area contributed by atoms with E-state index in [9.17, 15) is 50.6 Å². The standard InChI is InChI=1S/C26H15BrClF6NO7/c27-17-8-7-16(11-18(17)28)35-21(36)19(41-23(39)12-3-1-5-14(9-12)25(29,30)31)20(22(37)38)42-24(40)13-4-2-6-15(10-13)26(32,33)34/h1-11,19-20H,(H,35,36)(H,37,38)/t19-,20-/m0/s1. The molecule has 0 aromatic heterocycles. The Hall–Kier alpha value is -4.11. The van der Waals surface area contributed by atoms with Crippen LogP contribution in [0.3, 0.4) is 0 Å². The summed E-state index contributed by atoms with van der Waals surface area (Å²) in [6, 6.07) is 9.27. The van der Waals surface area contributed by atoms with Gasteiger partial charge in [0, 0.05) is 10.2 Å². The third kappa shape index (κ3) is 8.22. The van der Waals surface area contributed by atoms with Gasteiger partial charge in [-0.2, -0.15) is 26.3 Å². The summed E-state index contributed by atoms with van der Waals surface area (Å²) < 4.78 is 88.8. The molecule has 3 aromatic rings. The van der Waals surface area contributed by atoms with Gasteiger partial charge in [0.15, 0.2) is 0 Å². The van der Waals surface area contributed by atoms with E-state index in [1.165, 1.54) is 18.2 Å². The van der Waals surface area contributed by atoms with Crippen LogP contribution in [0.2, 0.25) is 5.02 Å². The van der Waals surface area contributed by atoms with E-state index in [0.29, 0.717) is 28.7 Å². The van der Waals surface area contributed by atoms with Crippen LogP contribution in [0.4, 0.5) is 32.0 Å². The lowest BCUT2D eigenvalue weighted by Crippen LogP contribution is -2.48. The highest BCUT2D eigenvalue weighted by molar-refractivity contribution is 9.10. The number of ether oxygens (including phenoxy) is 2. The first kappa shape index (κ1) is 32.4. The van der Waals surface area contributed by atoms with Crippen molar-refractivity contribution >= 4 is 57.0 Å². The van der Waals surface area contributed by atoms with Crippen LogP contribution in [-0.4, -0.2) is 41.1 Å². The Balaban J connectivity index is 1.98. The molecule has 16 heteroatoms. The Morgan fingerprint density at radius 1 is 0.762 bits per heavy atom. The predicted molar refractivity (Wildman–Crippen MR) is 137 cm³/mol. The topological polar surface area (TPSA) is 119 Å². The summed E-state index contributed by atoms with van der Waals surface area (Å²) in [6.45, 7) is 0. The zero-order chi connectivity index (χ0) is 31.4. The van der Waals surface area contributed by atoms with E-state index in [1.54, 1.807) is 0 Å². The van der Waals surface area contributed by atoms with Crippen molar-refractivity contribution < 1.29 is 60.1 Å². The van der Waals surface area contributed by atoms with Gasteiger partial charge in [-0.25, -0.2) is 14.4 Å². The highest BCUT2D eigenvalue weighted by Gasteiger charge is 2.42. The molecular formula is C26H15BrClF6NO7. The van der Waals surface area contributed by atoms with Gasteiger partial charge in [-0.3, -0.25) is 4.79 Å². The number of alkyl halides is 6. The van der Waals surface area contributed by atoms with Crippen molar-refractivity contribution in [2.24, 2.45) is 0 Å². The van der Waals surface area contributed by atoms with Crippen LogP contribution < -0.4 is 5.32 Å². The second-order valence-electron chi connectivity index (χ2n) is 8.27. The SMILES string of the molecule is O=C(O[C@H](C(=O)O)[C@H](OC(=O)c1cccc(C(F)(F)F)c1)C(=O)Nc1ccc(Br)c(Cl)c1)c1cccc(C(F)(F)F)c1. The van der Waals surface area contributed by atoms with Crippen LogP contribution >= 0.6 is 27.5 Å². The molecule has 0 fully saturated rings. The van der Waals surface area contributed by atoms with E-state index in [0.717, 1.165) is 24.3 Å². The number of esters is 2. The van der Waals surface area contributed by atoms with E-state index < -0.39 is 70.6 Å². The number of aliphatic carboxylic acids is 1. The summed E-state index contributed by atoms with van der Waals surface area (Å²) in [6.07, 6.45) is -15.0. The van der Waals surface area contributed by atoms with Gasteiger partial charge < -0.3 is 19.9 Å². The monoisotopic (exact) mass is 681 g/mol. The highest BCUT2D eigenvalue weighted by atomic mass is 79.9. The summed E-state index contributed by atoms with van der Waals surface area (Å²) >= 11 is 9.08. The summed E-state index contributed by atoms with van der Waals surface area (Å²) in [5.74, 6) is -6.77. The molecule has 0 aliphatic rings. The molecule has 0 aliphatic carbocycles. The molecule has 0 aliphatic heterocycles.